The first-order chi connectivity index (χ1) is 10.3. The highest BCUT2D eigenvalue weighted by Gasteiger charge is 2.06. The Balaban J connectivity index is 2.14. The summed E-state index contributed by atoms with van der Waals surface area (Å²) in [6.07, 6.45) is 2.19. The molecule has 0 amide bonds. The molecule has 3 aromatic rings. The molecule has 0 radical (unpaired) electrons. The Morgan fingerprint density at radius 1 is 0.762 bits per heavy atom. The smallest absolute Gasteiger partial charge is 0.0711 e. The maximum Gasteiger partial charge on any atom is 0.0711 e. The van der Waals surface area contributed by atoms with Gasteiger partial charge < -0.3 is 0 Å². The molecule has 0 aliphatic rings. The van der Waals surface area contributed by atoms with Gasteiger partial charge in [-0.1, -0.05) is 66.7 Å². The summed E-state index contributed by atoms with van der Waals surface area (Å²) in [7, 11) is 0. The van der Waals surface area contributed by atoms with E-state index >= 15 is 0 Å². The van der Waals surface area contributed by atoms with E-state index in [-0.39, 0.29) is 0 Å². The van der Waals surface area contributed by atoms with Gasteiger partial charge in [0.05, 0.1) is 5.69 Å². The first kappa shape index (κ1) is 13.3. The van der Waals surface area contributed by atoms with E-state index in [4.69, 9.17) is 0 Å². The predicted molar refractivity (Wildman–Crippen MR) is 88.8 cm³/mol. The number of aromatic nitrogens is 1. The van der Waals surface area contributed by atoms with E-state index < -0.39 is 0 Å². The largest absolute Gasteiger partial charge is 0.253 e. The van der Waals surface area contributed by atoms with Crippen molar-refractivity contribution in [3.05, 3.63) is 101 Å². The lowest BCUT2D eigenvalue weighted by molar-refractivity contribution is 1.17. The van der Waals surface area contributed by atoms with Crippen molar-refractivity contribution >= 4 is 11.6 Å². The molecule has 0 N–H and O–H groups in total. The molecular weight excluding hydrogens is 254 g/mol. The third-order valence-corrected chi connectivity index (χ3v) is 3.36. The summed E-state index contributed by atoms with van der Waals surface area (Å²) in [5.41, 5.74) is 5.54. The van der Waals surface area contributed by atoms with Crippen LogP contribution in [0.4, 0.5) is 0 Å². The standard InChI is InChI=1S/C20H17N/c1-16-9-8-14-20(21-16)19(18-12-6-3-7-13-18)15-17-10-4-2-5-11-17/h2-15H,1H3. The highest BCUT2D eigenvalue weighted by Crippen LogP contribution is 2.24. The van der Waals surface area contributed by atoms with Gasteiger partial charge >= 0.3 is 0 Å². The molecular formula is C20H17N. The van der Waals surface area contributed by atoms with Gasteiger partial charge in [-0.05, 0) is 36.3 Å². The van der Waals surface area contributed by atoms with Crippen LogP contribution in [0.5, 0.6) is 0 Å². The zero-order valence-electron chi connectivity index (χ0n) is 12.0. The maximum absolute atomic E-state index is 4.68. The van der Waals surface area contributed by atoms with Crippen molar-refractivity contribution in [1.82, 2.24) is 4.98 Å². The average molecular weight is 271 g/mol. The molecule has 0 spiro atoms. The summed E-state index contributed by atoms with van der Waals surface area (Å²) >= 11 is 0. The molecule has 0 atom stereocenters. The molecule has 102 valence electrons. The first-order valence-corrected chi connectivity index (χ1v) is 7.09. The predicted octanol–water partition coefficient (Wildman–Crippen LogP) is 4.98. The van der Waals surface area contributed by atoms with E-state index in [9.17, 15) is 0 Å². The quantitative estimate of drug-likeness (QED) is 0.612. The van der Waals surface area contributed by atoms with Gasteiger partial charge in [0.1, 0.15) is 0 Å². The lowest BCUT2D eigenvalue weighted by Gasteiger charge is -2.09. The van der Waals surface area contributed by atoms with Crippen molar-refractivity contribution in [2.24, 2.45) is 0 Å². The Kier molecular flexibility index (Phi) is 3.92. The summed E-state index contributed by atoms with van der Waals surface area (Å²) in [6, 6.07) is 26.9. The van der Waals surface area contributed by atoms with Crippen LogP contribution in [0.25, 0.3) is 11.6 Å². The third kappa shape index (κ3) is 3.26. The Morgan fingerprint density at radius 3 is 2.10 bits per heavy atom. The van der Waals surface area contributed by atoms with E-state index in [1.807, 2.05) is 25.1 Å². The molecule has 0 fully saturated rings. The number of benzene rings is 2. The molecule has 3 rings (SSSR count). The molecule has 1 heterocycles. The van der Waals surface area contributed by atoms with Crippen LogP contribution >= 0.6 is 0 Å². The van der Waals surface area contributed by atoms with Gasteiger partial charge in [-0.2, -0.15) is 0 Å². The zero-order chi connectivity index (χ0) is 14.5. The Bertz CT molecular complexity index is 743. The molecule has 1 aromatic heterocycles. The first-order valence-electron chi connectivity index (χ1n) is 7.09. The lowest BCUT2D eigenvalue weighted by Crippen LogP contribution is -1.93. The molecule has 0 aliphatic heterocycles. The second-order valence-corrected chi connectivity index (χ2v) is 5.00. The van der Waals surface area contributed by atoms with Crippen molar-refractivity contribution in [2.75, 3.05) is 0 Å². The fraction of sp³-hybridized carbons (Fsp3) is 0.0500. The van der Waals surface area contributed by atoms with E-state index in [0.29, 0.717) is 0 Å². The minimum atomic E-state index is 1.00. The van der Waals surface area contributed by atoms with Crippen molar-refractivity contribution in [2.45, 2.75) is 6.92 Å². The fourth-order valence-corrected chi connectivity index (χ4v) is 2.33. The average Bonchev–Trinajstić information content (AvgIpc) is 2.54. The minimum Gasteiger partial charge on any atom is -0.253 e. The Labute approximate surface area is 125 Å². The number of hydrogen-bond donors (Lipinski definition) is 0. The highest BCUT2D eigenvalue weighted by atomic mass is 14.7. The Morgan fingerprint density at radius 2 is 1.43 bits per heavy atom. The highest BCUT2D eigenvalue weighted by molar-refractivity contribution is 5.90. The number of rotatable bonds is 3. The number of nitrogens with zero attached hydrogens (tertiary/aromatic N) is 1. The molecule has 0 bridgehead atoms. The maximum atomic E-state index is 4.68. The van der Waals surface area contributed by atoms with E-state index in [1.165, 1.54) is 11.1 Å². The molecule has 1 heteroatoms. The summed E-state index contributed by atoms with van der Waals surface area (Å²) in [5.74, 6) is 0. The van der Waals surface area contributed by atoms with Gasteiger partial charge in [0.25, 0.3) is 0 Å². The number of pyridine rings is 1. The van der Waals surface area contributed by atoms with Crippen LogP contribution in [0.3, 0.4) is 0 Å². The van der Waals surface area contributed by atoms with Crippen LogP contribution < -0.4 is 0 Å². The van der Waals surface area contributed by atoms with Gasteiger partial charge in [0.15, 0.2) is 0 Å². The van der Waals surface area contributed by atoms with E-state index in [0.717, 1.165) is 17.0 Å². The summed E-state index contributed by atoms with van der Waals surface area (Å²) in [4.78, 5) is 4.68. The van der Waals surface area contributed by atoms with E-state index in [1.54, 1.807) is 0 Å². The third-order valence-electron chi connectivity index (χ3n) is 3.36. The van der Waals surface area contributed by atoms with Crippen LogP contribution in [-0.4, -0.2) is 4.98 Å². The van der Waals surface area contributed by atoms with Crippen LogP contribution in [0.15, 0.2) is 78.9 Å². The molecule has 0 aliphatic carbocycles. The monoisotopic (exact) mass is 271 g/mol. The lowest BCUT2D eigenvalue weighted by atomic mass is 9.99. The van der Waals surface area contributed by atoms with Gasteiger partial charge in [-0.25, -0.2) is 0 Å². The number of hydrogen-bond acceptors (Lipinski definition) is 1. The van der Waals surface area contributed by atoms with E-state index in [2.05, 4.69) is 71.7 Å². The van der Waals surface area contributed by atoms with Gasteiger partial charge in [-0.3, -0.25) is 4.98 Å². The molecule has 1 nitrogen and oxygen atoms in total. The number of aryl methyl sites for hydroxylation is 1. The SMILES string of the molecule is Cc1cccc(C(=Cc2ccccc2)c2ccccc2)n1. The molecule has 0 saturated heterocycles. The second-order valence-electron chi connectivity index (χ2n) is 5.00. The molecule has 0 saturated carbocycles. The van der Waals surface area contributed by atoms with Crippen molar-refractivity contribution in [1.29, 1.82) is 0 Å². The summed E-state index contributed by atoms with van der Waals surface area (Å²) in [5, 5.41) is 0. The zero-order valence-corrected chi connectivity index (χ0v) is 12.0. The van der Waals surface area contributed by atoms with Crippen LogP contribution in [-0.2, 0) is 0 Å². The van der Waals surface area contributed by atoms with Crippen LogP contribution in [0, 0.1) is 6.92 Å². The molecule has 0 unspecified atom stereocenters. The molecule has 21 heavy (non-hydrogen) atoms. The summed E-state index contributed by atoms with van der Waals surface area (Å²) < 4.78 is 0. The fourth-order valence-electron chi connectivity index (χ4n) is 2.33. The topological polar surface area (TPSA) is 12.9 Å². The second kappa shape index (κ2) is 6.19. The van der Waals surface area contributed by atoms with Crippen molar-refractivity contribution < 1.29 is 0 Å². The van der Waals surface area contributed by atoms with Gasteiger partial charge in [0, 0.05) is 11.3 Å². The van der Waals surface area contributed by atoms with Crippen molar-refractivity contribution in [3.8, 4) is 0 Å². The van der Waals surface area contributed by atoms with Crippen molar-refractivity contribution in [3.63, 3.8) is 0 Å². The Hall–Kier alpha value is -2.67. The molecule has 2 aromatic carbocycles. The van der Waals surface area contributed by atoms with Crippen LogP contribution in [0.2, 0.25) is 0 Å². The van der Waals surface area contributed by atoms with Crippen LogP contribution in [0.1, 0.15) is 22.5 Å². The normalized spacial score (nSPS) is 11.4. The van der Waals surface area contributed by atoms with Gasteiger partial charge in [-0.15, -0.1) is 0 Å². The van der Waals surface area contributed by atoms with Gasteiger partial charge in [0.2, 0.25) is 0 Å². The summed E-state index contributed by atoms with van der Waals surface area (Å²) in [6.45, 7) is 2.02. The minimum absolute atomic E-state index is 1.00.